The Labute approximate surface area is 471 Å². The van der Waals surface area contributed by atoms with Crippen LogP contribution in [0.3, 0.4) is 0 Å². The summed E-state index contributed by atoms with van der Waals surface area (Å²) in [6, 6.07) is 59.0. The second-order valence-electron chi connectivity index (χ2n) is 18.3. The number of ether oxygens (including phenoxy) is 7. The lowest BCUT2D eigenvalue weighted by Crippen LogP contribution is -2.04. The van der Waals surface area contributed by atoms with Gasteiger partial charge in [-0.2, -0.15) is 10.3 Å². The van der Waals surface area contributed by atoms with Gasteiger partial charge in [-0.25, -0.2) is 9.97 Å². The number of nitrogens with one attached hydrogen (secondary N) is 3. The third kappa shape index (κ3) is 14.9. The number of rotatable bonds is 18. The van der Waals surface area contributed by atoms with Crippen molar-refractivity contribution in [2.45, 2.75) is 32.3 Å². The number of nitrogens with zero attached hydrogens (tertiary/aromatic N) is 3. The van der Waals surface area contributed by atoms with Crippen molar-refractivity contribution >= 4 is 40.2 Å². The number of H-pyrrole nitrogens is 2. The monoisotopic (exact) mass is 1080 g/mol. The van der Waals surface area contributed by atoms with Crippen molar-refractivity contribution in [1.82, 2.24) is 24.9 Å². The fourth-order valence-electron chi connectivity index (χ4n) is 8.83. The van der Waals surface area contributed by atoms with Crippen LogP contribution < -0.4 is 33.7 Å². The average molecular weight is 1080 g/mol. The van der Waals surface area contributed by atoms with Gasteiger partial charge in [0.2, 0.25) is 0 Å². The molecule has 0 spiro atoms. The molecule has 14 nitrogen and oxygen atoms in total. The molecule has 81 heavy (non-hydrogen) atoms. The largest absolute Gasteiger partial charge is 0.493 e. The van der Waals surface area contributed by atoms with E-state index in [-0.39, 0.29) is 6.10 Å². The van der Waals surface area contributed by atoms with E-state index in [1.807, 2.05) is 170 Å². The lowest BCUT2D eigenvalue weighted by molar-refractivity contribution is 0.112. The summed E-state index contributed by atoms with van der Waals surface area (Å²) in [6.07, 6.45) is 15.4. The van der Waals surface area contributed by atoms with Crippen LogP contribution in [0.15, 0.2) is 213 Å². The zero-order valence-electron chi connectivity index (χ0n) is 45.4. The highest BCUT2D eigenvalue weighted by Gasteiger charge is 2.21. The van der Waals surface area contributed by atoms with Gasteiger partial charge in [-0.05, 0) is 113 Å². The summed E-state index contributed by atoms with van der Waals surface area (Å²) in [4.78, 5) is 29.8. The lowest BCUT2D eigenvalue weighted by Gasteiger charge is -2.18. The van der Waals surface area contributed by atoms with Crippen molar-refractivity contribution < 1.29 is 38.0 Å². The number of aromatic nitrogens is 5. The number of pyridine rings is 3. The van der Waals surface area contributed by atoms with Crippen LogP contribution in [0.4, 0.5) is 5.82 Å². The van der Waals surface area contributed by atoms with Gasteiger partial charge < -0.3 is 43.1 Å². The van der Waals surface area contributed by atoms with Crippen molar-refractivity contribution in [3.05, 3.63) is 269 Å². The topological polar surface area (TPSA) is 164 Å². The molecule has 6 heterocycles. The van der Waals surface area contributed by atoms with Crippen LogP contribution in [-0.4, -0.2) is 59.6 Å². The van der Waals surface area contributed by atoms with Gasteiger partial charge in [-0.1, -0.05) is 103 Å². The fraction of sp³-hybridized carbons (Fsp3) is 0.134. The maximum atomic E-state index is 10.7. The predicted molar refractivity (Wildman–Crippen MR) is 316 cm³/mol. The minimum absolute atomic E-state index is 0.241. The first kappa shape index (κ1) is 55.5. The molecule has 0 amide bonds. The molecule has 1 aliphatic heterocycles. The molecule has 0 fully saturated rings. The summed E-state index contributed by atoms with van der Waals surface area (Å²) in [6.45, 7) is 1.47. The summed E-state index contributed by atoms with van der Waals surface area (Å²) >= 11 is 0. The Morgan fingerprint density at radius 1 is 0.494 bits per heavy atom. The van der Waals surface area contributed by atoms with E-state index in [4.69, 9.17) is 33.2 Å². The van der Waals surface area contributed by atoms with E-state index in [0.717, 1.165) is 85.5 Å². The second-order valence-corrected chi connectivity index (χ2v) is 18.3. The van der Waals surface area contributed by atoms with Crippen molar-refractivity contribution in [3.63, 3.8) is 0 Å². The Bertz CT molecular complexity index is 3780. The van der Waals surface area contributed by atoms with Crippen molar-refractivity contribution in [2.75, 3.05) is 33.8 Å². The molecular weight excluding hydrogens is 1020 g/mol. The molecule has 14 heteroatoms. The summed E-state index contributed by atoms with van der Waals surface area (Å²) in [7, 11) is 6.57. The number of methoxy groups -OCH3 is 4. The highest BCUT2D eigenvalue weighted by molar-refractivity contribution is 5.81. The van der Waals surface area contributed by atoms with Gasteiger partial charge in [0, 0.05) is 66.1 Å². The van der Waals surface area contributed by atoms with Crippen LogP contribution >= 0.6 is 0 Å². The standard InChI is InChI=1S/C23H22N2O3.C22H20N2O2.C15H14O3.C7H5N2/c1-26-21-13-17(10-11-20(21)28-15-16-7-4-3-5-8-16)22(27-2)19-14-25-23-18(19)9-6-12-24-23;1-25-21-13-17(12-18-14-24-22-19(18)8-5-11-23-22)9-10-20(21)26-15-16-6-3-2-4-7-16;1-17-15-9-13(10-16)7-8-14(15)18-11-12-5-3-2-4-6-12;1-2-6-3-5-9-7(6)8-4-1/h3-14,22H,15H2,1-2H3,(H,24,25);2-11,13-14H,12,15H2,1H3,(H,23,24);2-10H,11H2,1H3;1-4H,(H,8,9)/q;;;+1. The molecule has 1 unspecified atom stereocenters. The number of carbonyl (C=O) groups is 1. The van der Waals surface area contributed by atoms with Gasteiger partial charge in [-0.15, -0.1) is 0 Å². The van der Waals surface area contributed by atoms with E-state index in [1.165, 1.54) is 11.1 Å². The van der Waals surface area contributed by atoms with Gasteiger partial charge in [0.15, 0.2) is 40.1 Å². The number of anilines is 1. The summed E-state index contributed by atoms with van der Waals surface area (Å²) < 4.78 is 39.7. The van der Waals surface area contributed by atoms with Gasteiger partial charge in [0.1, 0.15) is 55.8 Å². The van der Waals surface area contributed by atoms with Crippen LogP contribution in [0.2, 0.25) is 0 Å². The van der Waals surface area contributed by atoms with E-state index in [9.17, 15) is 4.79 Å². The molecule has 0 bridgehead atoms. The molecule has 1 atom stereocenters. The fourth-order valence-corrected chi connectivity index (χ4v) is 8.83. The first-order valence-electron chi connectivity index (χ1n) is 26.1. The molecule has 0 saturated carbocycles. The number of fused-ring (bicyclic) bond motifs is 3. The zero-order valence-corrected chi connectivity index (χ0v) is 45.4. The maximum Gasteiger partial charge on any atom is 0.293 e. The molecule has 5 aromatic heterocycles. The number of benzene rings is 6. The minimum atomic E-state index is -0.241. The van der Waals surface area contributed by atoms with Crippen LogP contribution in [0.25, 0.3) is 28.1 Å². The van der Waals surface area contributed by atoms with Gasteiger partial charge in [-0.3, -0.25) is 4.79 Å². The molecule has 406 valence electrons. The maximum absolute atomic E-state index is 10.7. The molecule has 6 aromatic carbocycles. The third-order valence-corrected chi connectivity index (χ3v) is 12.9. The Morgan fingerprint density at radius 2 is 1.01 bits per heavy atom. The molecule has 3 N–H and O–H groups in total. The zero-order chi connectivity index (χ0) is 56.0. The number of carbonyl (C=O) groups excluding carboxylic acids is 1. The Hall–Kier alpha value is -10.3. The first-order valence-corrected chi connectivity index (χ1v) is 26.1. The number of hydrogen-bond acceptors (Lipinski definition) is 12. The SMILES string of the molecule is COc1cc(C(OC)c2c[nH]c3ncccc23)ccc1OCc1ccccc1.COc1cc(C=O)ccc1OCc1ccccc1.COc1cc(Cc2c[nH]c3ncccc23)ccc1OCc1ccccc1.[C+]1=Cc2cccnc2N1. The van der Waals surface area contributed by atoms with Crippen molar-refractivity contribution in [2.24, 2.45) is 0 Å². The summed E-state index contributed by atoms with van der Waals surface area (Å²) in [5, 5.41) is 5.07. The Kier molecular flexibility index (Phi) is 19.4. The van der Waals surface area contributed by atoms with Crippen molar-refractivity contribution in [1.29, 1.82) is 0 Å². The molecule has 12 rings (SSSR count). The third-order valence-electron chi connectivity index (χ3n) is 12.9. The molecular formula is C67H61N6O8+. The Morgan fingerprint density at radius 3 is 1.59 bits per heavy atom. The lowest BCUT2D eigenvalue weighted by atomic mass is 10.0. The minimum Gasteiger partial charge on any atom is -0.493 e. The van der Waals surface area contributed by atoms with Crippen LogP contribution in [0.1, 0.15) is 61.0 Å². The normalized spacial score (nSPS) is 11.2. The number of aromatic amines is 2. The van der Waals surface area contributed by atoms with Crippen molar-refractivity contribution in [3.8, 4) is 34.5 Å². The average Bonchev–Trinajstić information content (AvgIpc) is 4.40. The van der Waals surface area contributed by atoms with Gasteiger partial charge >= 0.3 is 0 Å². The number of hydrogen-bond donors (Lipinski definition) is 3. The van der Waals surface area contributed by atoms with Crippen LogP contribution in [0, 0.1) is 6.20 Å². The highest BCUT2D eigenvalue weighted by Crippen LogP contribution is 2.37. The highest BCUT2D eigenvalue weighted by atomic mass is 16.5. The molecule has 1 aliphatic rings. The molecule has 0 saturated heterocycles. The predicted octanol–water partition coefficient (Wildman–Crippen LogP) is 14.0. The number of aldehydes is 1. The van der Waals surface area contributed by atoms with Crippen LogP contribution in [-0.2, 0) is 31.0 Å². The molecule has 0 aliphatic carbocycles. The van der Waals surface area contributed by atoms with Gasteiger partial charge in [0.05, 0.1) is 21.3 Å². The summed E-state index contributed by atoms with van der Waals surface area (Å²) in [5.74, 6) is 4.97. The Balaban J connectivity index is 0.000000138. The van der Waals surface area contributed by atoms with E-state index in [0.29, 0.717) is 48.4 Å². The summed E-state index contributed by atoms with van der Waals surface area (Å²) in [5.41, 5.74) is 11.1. The first-order chi connectivity index (χ1) is 39.9. The van der Waals surface area contributed by atoms with Crippen LogP contribution in [0.5, 0.6) is 34.5 Å². The van der Waals surface area contributed by atoms with E-state index >= 15 is 0 Å². The second kappa shape index (κ2) is 28.4. The molecule has 0 radical (unpaired) electrons. The quantitative estimate of drug-likeness (QED) is 0.0551. The van der Waals surface area contributed by atoms with Gasteiger partial charge in [0.25, 0.3) is 5.82 Å². The smallest absolute Gasteiger partial charge is 0.293 e. The van der Waals surface area contributed by atoms with E-state index in [2.05, 4.69) is 48.6 Å². The van der Waals surface area contributed by atoms with E-state index < -0.39 is 0 Å². The van der Waals surface area contributed by atoms with E-state index in [1.54, 1.807) is 65.2 Å². The molecule has 11 aromatic rings.